The van der Waals surface area contributed by atoms with Crippen molar-refractivity contribution in [3.05, 3.63) is 28.2 Å². The molecule has 2 aliphatic heterocycles. The van der Waals surface area contributed by atoms with E-state index in [9.17, 15) is 4.79 Å². The average molecular weight is 345 g/mol. The summed E-state index contributed by atoms with van der Waals surface area (Å²) in [5.74, 6) is 0. The van der Waals surface area contributed by atoms with Crippen molar-refractivity contribution in [3.8, 4) is 0 Å². The minimum Gasteiger partial charge on any atom is -0.298 e. The van der Waals surface area contributed by atoms with Crippen molar-refractivity contribution in [1.29, 1.82) is 0 Å². The first-order chi connectivity index (χ1) is 12.2. The van der Waals surface area contributed by atoms with Crippen LogP contribution >= 0.6 is 0 Å². The maximum atomic E-state index is 11.4. The third-order valence-corrected chi connectivity index (χ3v) is 6.30. The zero-order valence-corrected chi connectivity index (χ0v) is 15.4. The predicted molar refractivity (Wildman–Crippen MR) is 98.6 cm³/mol. The van der Waals surface area contributed by atoms with Gasteiger partial charge in [0.1, 0.15) is 0 Å². The molecular formula is C19H31N5O. The van der Waals surface area contributed by atoms with Crippen LogP contribution in [0.1, 0.15) is 37.8 Å². The van der Waals surface area contributed by atoms with Crippen LogP contribution in [0, 0.1) is 0 Å². The summed E-state index contributed by atoms with van der Waals surface area (Å²) in [6.45, 7) is 8.09. The number of nitrogens with zero attached hydrogens (tertiary/aromatic N) is 5. The van der Waals surface area contributed by atoms with Crippen molar-refractivity contribution >= 4 is 0 Å². The summed E-state index contributed by atoms with van der Waals surface area (Å²) in [6, 6.07) is 5.05. The molecule has 0 N–H and O–H groups in total. The fraction of sp³-hybridized carbons (Fsp3) is 0.789. The van der Waals surface area contributed by atoms with Gasteiger partial charge in [-0.1, -0.05) is 19.3 Å². The van der Waals surface area contributed by atoms with E-state index in [-0.39, 0.29) is 5.56 Å². The van der Waals surface area contributed by atoms with Crippen LogP contribution in [0.3, 0.4) is 0 Å². The third kappa shape index (κ3) is 3.96. The van der Waals surface area contributed by atoms with Crippen molar-refractivity contribution in [2.24, 2.45) is 7.05 Å². The number of piperazine rings is 1. The van der Waals surface area contributed by atoms with E-state index in [1.807, 2.05) is 6.07 Å². The first kappa shape index (κ1) is 17.2. The number of likely N-dealkylation sites (tertiary alicyclic amines) is 1. The molecule has 4 rings (SSSR count). The summed E-state index contributed by atoms with van der Waals surface area (Å²) in [6.07, 6.45) is 7.15. The molecule has 3 aliphatic rings. The van der Waals surface area contributed by atoms with Crippen LogP contribution in [0.4, 0.5) is 0 Å². The third-order valence-electron chi connectivity index (χ3n) is 6.30. The minimum absolute atomic E-state index is 0.0407. The Kier molecular flexibility index (Phi) is 5.20. The Morgan fingerprint density at radius 1 is 0.960 bits per heavy atom. The molecule has 0 aromatic carbocycles. The van der Waals surface area contributed by atoms with Gasteiger partial charge in [0.15, 0.2) is 0 Å². The molecule has 1 aliphatic carbocycles. The highest BCUT2D eigenvalue weighted by Gasteiger charge is 2.34. The highest BCUT2D eigenvalue weighted by Crippen LogP contribution is 2.25. The molecule has 1 aromatic heterocycles. The number of aryl methyl sites for hydroxylation is 1. The second kappa shape index (κ2) is 7.56. The Hall–Kier alpha value is -1.24. The fourth-order valence-electron chi connectivity index (χ4n) is 4.68. The number of rotatable bonds is 4. The molecule has 0 unspecified atom stereocenters. The second-order valence-corrected chi connectivity index (χ2v) is 8.00. The van der Waals surface area contributed by atoms with E-state index >= 15 is 0 Å². The summed E-state index contributed by atoms with van der Waals surface area (Å²) in [7, 11) is 1.72. The highest BCUT2D eigenvalue weighted by atomic mass is 16.1. The standard InChI is InChI=1S/C19H31N5O/c1-21-19(25)8-7-16(20-21)13-22-14-18(15-22)24-11-9-23(10-12-24)17-5-3-2-4-6-17/h7-8,17-18H,2-6,9-15H2,1H3. The number of aromatic nitrogens is 2. The molecule has 0 radical (unpaired) electrons. The van der Waals surface area contributed by atoms with Crippen LogP contribution in [0.25, 0.3) is 0 Å². The first-order valence-electron chi connectivity index (χ1n) is 9.93. The van der Waals surface area contributed by atoms with Gasteiger partial charge >= 0.3 is 0 Å². The highest BCUT2D eigenvalue weighted by molar-refractivity contribution is 5.02. The van der Waals surface area contributed by atoms with Crippen LogP contribution in [0.5, 0.6) is 0 Å². The van der Waals surface area contributed by atoms with Gasteiger partial charge in [-0.25, -0.2) is 4.68 Å². The Morgan fingerprint density at radius 2 is 1.60 bits per heavy atom. The van der Waals surface area contributed by atoms with Crippen LogP contribution in [0.15, 0.2) is 16.9 Å². The molecule has 0 spiro atoms. The average Bonchev–Trinajstić information content (AvgIpc) is 2.62. The van der Waals surface area contributed by atoms with Gasteiger partial charge in [-0.3, -0.25) is 19.5 Å². The van der Waals surface area contributed by atoms with Gasteiger partial charge in [-0.05, 0) is 18.9 Å². The zero-order chi connectivity index (χ0) is 17.2. The van der Waals surface area contributed by atoms with E-state index in [1.54, 1.807) is 13.1 Å². The van der Waals surface area contributed by atoms with Crippen LogP contribution < -0.4 is 5.56 Å². The van der Waals surface area contributed by atoms with Crippen molar-refractivity contribution in [1.82, 2.24) is 24.5 Å². The van der Waals surface area contributed by atoms with E-state index in [0.717, 1.165) is 31.4 Å². The van der Waals surface area contributed by atoms with Crippen molar-refractivity contribution in [2.45, 2.75) is 50.7 Å². The Balaban J connectivity index is 1.21. The SMILES string of the molecule is Cn1nc(CN2CC(N3CCN(C4CCCCC4)CC3)C2)ccc1=O. The van der Waals surface area contributed by atoms with Gasteiger partial charge < -0.3 is 0 Å². The summed E-state index contributed by atoms with van der Waals surface area (Å²) in [5.41, 5.74) is 0.948. The molecular weight excluding hydrogens is 314 g/mol. The van der Waals surface area contributed by atoms with E-state index in [1.165, 1.54) is 63.0 Å². The van der Waals surface area contributed by atoms with E-state index in [4.69, 9.17) is 0 Å². The predicted octanol–water partition coefficient (Wildman–Crippen LogP) is 0.915. The first-order valence-corrected chi connectivity index (χ1v) is 9.93. The lowest BCUT2D eigenvalue weighted by atomic mass is 9.93. The Bertz CT molecular complexity index is 625. The number of hydrogen-bond donors (Lipinski definition) is 0. The summed E-state index contributed by atoms with van der Waals surface area (Å²) < 4.78 is 1.43. The van der Waals surface area contributed by atoms with Gasteiger partial charge in [0.05, 0.1) is 5.69 Å². The molecule has 6 nitrogen and oxygen atoms in total. The topological polar surface area (TPSA) is 44.6 Å². The Labute approximate surface area is 150 Å². The second-order valence-electron chi connectivity index (χ2n) is 8.00. The van der Waals surface area contributed by atoms with Gasteiger partial charge in [0.2, 0.25) is 0 Å². The van der Waals surface area contributed by atoms with Gasteiger partial charge in [-0.15, -0.1) is 0 Å². The monoisotopic (exact) mass is 345 g/mol. The lowest BCUT2D eigenvalue weighted by Crippen LogP contribution is -2.63. The van der Waals surface area contributed by atoms with Crippen molar-refractivity contribution in [3.63, 3.8) is 0 Å². The van der Waals surface area contributed by atoms with Crippen molar-refractivity contribution in [2.75, 3.05) is 39.3 Å². The minimum atomic E-state index is -0.0407. The molecule has 0 atom stereocenters. The van der Waals surface area contributed by atoms with E-state index in [2.05, 4.69) is 19.8 Å². The molecule has 0 amide bonds. The molecule has 1 aromatic rings. The molecule has 1 saturated carbocycles. The lowest BCUT2D eigenvalue weighted by molar-refractivity contribution is -0.0110. The van der Waals surface area contributed by atoms with Crippen LogP contribution in [-0.4, -0.2) is 75.8 Å². The van der Waals surface area contributed by atoms with Gasteiger partial charge in [-0.2, -0.15) is 5.10 Å². The molecule has 138 valence electrons. The van der Waals surface area contributed by atoms with E-state index < -0.39 is 0 Å². The van der Waals surface area contributed by atoms with Crippen molar-refractivity contribution < 1.29 is 0 Å². The van der Waals surface area contributed by atoms with Crippen LogP contribution in [0.2, 0.25) is 0 Å². The summed E-state index contributed by atoms with van der Waals surface area (Å²) >= 11 is 0. The fourth-order valence-corrected chi connectivity index (χ4v) is 4.68. The largest absolute Gasteiger partial charge is 0.298 e. The van der Waals surface area contributed by atoms with Gasteiger partial charge in [0, 0.05) is 71.0 Å². The molecule has 6 heteroatoms. The van der Waals surface area contributed by atoms with Crippen LogP contribution in [-0.2, 0) is 13.6 Å². The number of hydrogen-bond acceptors (Lipinski definition) is 5. The molecule has 3 heterocycles. The zero-order valence-electron chi connectivity index (χ0n) is 15.4. The molecule has 3 fully saturated rings. The summed E-state index contributed by atoms with van der Waals surface area (Å²) in [5, 5.41) is 4.34. The Morgan fingerprint density at radius 3 is 2.24 bits per heavy atom. The quantitative estimate of drug-likeness (QED) is 0.812. The van der Waals surface area contributed by atoms with Gasteiger partial charge in [0.25, 0.3) is 5.56 Å². The lowest BCUT2D eigenvalue weighted by Gasteiger charge is -2.49. The molecule has 25 heavy (non-hydrogen) atoms. The summed E-state index contributed by atoms with van der Waals surface area (Å²) in [4.78, 5) is 19.3. The maximum absolute atomic E-state index is 11.4. The molecule has 0 bridgehead atoms. The smallest absolute Gasteiger partial charge is 0.266 e. The normalized spacial score (nSPS) is 25.2. The maximum Gasteiger partial charge on any atom is 0.266 e. The van der Waals surface area contributed by atoms with E-state index in [0.29, 0.717) is 6.04 Å². The molecule has 2 saturated heterocycles.